The zero-order valence-electron chi connectivity index (χ0n) is 11.0. The molecule has 5 unspecified atom stereocenters. The lowest BCUT2D eigenvalue weighted by atomic mass is 10.0. The van der Waals surface area contributed by atoms with Crippen molar-refractivity contribution in [3.8, 4) is 0 Å². The third-order valence-electron chi connectivity index (χ3n) is 5.23. The smallest absolute Gasteiger partial charge is 0.224 e. The van der Waals surface area contributed by atoms with Crippen molar-refractivity contribution in [1.29, 1.82) is 0 Å². The van der Waals surface area contributed by atoms with Crippen molar-refractivity contribution in [2.24, 2.45) is 29.6 Å². The molecule has 3 rings (SSSR count). The van der Waals surface area contributed by atoms with Gasteiger partial charge in [-0.2, -0.15) is 0 Å². The summed E-state index contributed by atoms with van der Waals surface area (Å²) in [6.45, 7) is 0.582. The molecular formula is C14H23NO3. The lowest BCUT2D eigenvalue weighted by Crippen LogP contribution is -2.40. The maximum atomic E-state index is 12.2. The molecule has 0 aliphatic heterocycles. The molecule has 0 saturated heterocycles. The Morgan fingerprint density at radius 3 is 2.61 bits per heavy atom. The largest absolute Gasteiger partial charge is 0.396 e. The fourth-order valence-corrected chi connectivity index (χ4v) is 4.53. The highest BCUT2D eigenvalue weighted by Crippen LogP contribution is 2.69. The molecule has 0 heterocycles. The van der Waals surface area contributed by atoms with Crippen LogP contribution in [0.5, 0.6) is 0 Å². The highest BCUT2D eigenvalue weighted by Gasteiger charge is 2.67. The number of carbonyl (C=O) groups excluding carboxylic acids is 1. The number of aliphatic hydroxyl groups is 1. The van der Waals surface area contributed by atoms with Crippen LogP contribution in [0.2, 0.25) is 0 Å². The van der Waals surface area contributed by atoms with Crippen LogP contribution in [-0.2, 0) is 9.53 Å². The van der Waals surface area contributed by atoms with E-state index in [1.807, 2.05) is 0 Å². The summed E-state index contributed by atoms with van der Waals surface area (Å²) < 4.78 is 5.08. The predicted molar refractivity (Wildman–Crippen MR) is 66.8 cm³/mol. The van der Waals surface area contributed by atoms with E-state index in [1.165, 1.54) is 19.3 Å². The Labute approximate surface area is 108 Å². The topological polar surface area (TPSA) is 58.6 Å². The Balaban J connectivity index is 1.53. The number of amides is 1. The zero-order valence-corrected chi connectivity index (χ0v) is 11.0. The molecule has 18 heavy (non-hydrogen) atoms. The van der Waals surface area contributed by atoms with Crippen LogP contribution in [0.1, 0.15) is 25.7 Å². The van der Waals surface area contributed by atoms with Crippen molar-refractivity contribution in [2.45, 2.75) is 31.7 Å². The highest BCUT2D eigenvalue weighted by atomic mass is 16.5. The van der Waals surface area contributed by atoms with E-state index in [0.29, 0.717) is 24.9 Å². The van der Waals surface area contributed by atoms with Gasteiger partial charge in [-0.3, -0.25) is 4.79 Å². The van der Waals surface area contributed by atoms with Crippen LogP contribution in [0, 0.1) is 29.6 Å². The second-order valence-electron chi connectivity index (χ2n) is 6.19. The van der Waals surface area contributed by atoms with Crippen molar-refractivity contribution < 1.29 is 14.6 Å². The third kappa shape index (κ3) is 1.95. The van der Waals surface area contributed by atoms with E-state index in [0.717, 1.165) is 11.8 Å². The molecule has 0 aromatic heterocycles. The molecule has 0 spiro atoms. The molecule has 3 aliphatic carbocycles. The first-order valence-corrected chi connectivity index (χ1v) is 7.16. The molecule has 3 fully saturated rings. The lowest BCUT2D eigenvalue weighted by molar-refractivity contribution is -0.124. The number of nitrogens with one attached hydrogen (secondary N) is 1. The molecule has 0 aromatic carbocycles. The number of methoxy groups -OCH3 is 1. The minimum absolute atomic E-state index is 0.0357. The van der Waals surface area contributed by atoms with E-state index in [-0.39, 0.29) is 24.5 Å². The Morgan fingerprint density at radius 2 is 2.06 bits per heavy atom. The molecule has 2 N–H and O–H groups in total. The lowest BCUT2D eigenvalue weighted by Gasteiger charge is -2.18. The standard InChI is InChI=1S/C14H23NO3/c1-18-7-10(4-5-16)15-14(17)13-11-8-2-3-9(6-8)12(11)13/h8-13,16H,2-7H2,1H3,(H,15,17). The summed E-state index contributed by atoms with van der Waals surface area (Å²) in [5.41, 5.74) is 0. The molecule has 1 amide bonds. The molecule has 102 valence electrons. The maximum Gasteiger partial charge on any atom is 0.224 e. The molecule has 0 radical (unpaired) electrons. The molecule has 3 saturated carbocycles. The van der Waals surface area contributed by atoms with Gasteiger partial charge in [0.1, 0.15) is 0 Å². The summed E-state index contributed by atoms with van der Waals surface area (Å²) in [6.07, 6.45) is 4.63. The number of aliphatic hydroxyl groups excluding tert-OH is 1. The number of rotatable bonds is 6. The zero-order chi connectivity index (χ0) is 12.7. The number of hydrogen-bond acceptors (Lipinski definition) is 3. The molecule has 4 heteroatoms. The average molecular weight is 253 g/mol. The van der Waals surface area contributed by atoms with E-state index < -0.39 is 0 Å². The van der Waals surface area contributed by atoms with Gasteiger partial charge in [0.15, 0.2) is 0 Å². The summed E-state index contributed by atoms with van der Waals surface area (Å²) in [6, 6.07) is -0.0357. The predicted octanol–water partition coefficient (Wildman–Crippen LogP) is 0.792. The van der Waals surface area contributed by atoms with Crippen molar-refractivity contribution >= 4 is 5.91 Å². The van der Waals surface area contributed by atoms with Crippen LogP contribution < -0.4 is 5.32 Å². The quantitative estimate of drug-likeness (QED) is 0.736. The summed E-state index contributed by atoms with van der Waals surface area (Å²) in [5, 5.41) is 12.0. The monoisotopic (exact) mass is 253 g/mol. The van der Waals surface area contributed by atoms with Gasteiger partial charge < -0.3 is 15.2 Å². The molecule has 5 atom stereocenters. The van der Waals surface area contributed by atoms with Crippen LogP contribution >= 0.6 is 0 Å². The van der Waals surface area contributed by atoms with Gasteiger partial charge in [-0.05, 0) is 49.4 Å². The van der Waals surface area contributed by atoms with Gasteiger partial charge >= 0.3 is 0 Å². The summed E-state index contributed by atoms with van der Waals surface area (Å²) in [5.74, 6) is 3.50. The van der Waals surface area contributed by atoms with Crippen molar-refractivity contribution in [1.82, 2.24) is 5.32 Å². The van der Waals surface area contributed by atoms with Gasteiger partial charge in [0.05, 0.1) is 12.6 Å². The Bertz CT molecular complexity index is 311. The number of carbonyl (C=O) groups is 1. The van der Waals surface area contributed by atoms with Crippen LogP contribution in [-0.4, -0.2) is 37.4 Å². The minimum Gasteiger partial charge on any atom is -0.396 e. The van der Waals surface area contributed by atoms with Gasteiger partial charge in [-0.1, -0.05) is 0 Å². The van der Waals surface area contributed by atoms with Gasteiger partial charge in [0.2, 0.25) is 5.91 Å². The summed E-state index contributed by atoms with van der Waals surface area (Å²) in [4.78, 5) is 12.2. The first-order chi connectivity index (χ1) is 8.76. The number of ether oxygens (including phenoxy) is 1. The normalized spacial score (nSPS) is 41.6. The number of hydrogen-bond donors (Lipinski definition) is 2. The van der Waals surface area contributed by atoms with Gasteiger partial charge in [0.25, 0.3) is 0 Å². The molecule has 0 aromatic rings. The van der Waals surface area contributed by atoms with Crippen molar-refractivity contribution in [3.05, 3.63) is 0 Å². The van der Waals surface area contributed by atoms with E-state index >= 15 is 0 Å². The molecule has 2 bridgehead atoms. The Kier molecular flexibility index (Phi) is 3.32. The maximum absolute atomic E-state index is 12.2. The first kappa shape index (κ1) is 12.4. The average Bonchev–Trinajstić information content (AvgIpc) is 2.80. The van der Waals surface area contributed by atoms with E-state index in [4.69, 9.17) is 9.84 Å². The van der Waals surface area contributed by atoms with Crippen molar-refractivity contribution in [3.63, 3.8) is 0 Å². The van der Waals surface area contributed by atoms with Crippen LogP contribution in [0.25, 0.3) is 0 Å². The summed E-state index contributed by atoms with van der Waals surface area (Å²) in [7, 11) is 1.63. The Morgan fingerprint density at radius 1 is 1.39 bits per heavy atom. The van der Waals surface area contributed by atoms with Gasteiger partial charge in [-0.15, -0.1) is 0 Å². The molecule has 4 nitrogen and oxygen atoms in total. The van der Waals surface area contributed by atoms with Gasteiger partial charge in [-0.25, -0.2) is 0 Å². The fourth-order valence-electron chi connectivity index (χ4n) is 4.53. The van der Waals surface area contributed by atoms with Crippen LogP contribution in [0.3, 0.4) is 0 Å². The second-order valence-corrected chi connectivity index (χ2v) is 6.19. The van der Waals surface area contributed by atoms with E-state index in [2.05, 4.69) is 5.32 Å². The van der Waals surface area contributed by atoms with E-state index in [1.54, 1.807) is 7.11 Å². The second kappa shape index (κ2) is 4.82. The minimum atomic E-state index is -0.0357. The first-order valence-electron chi connectivity index (χ1n) is 7.16. The number of fused-ring (bicyclic) bond motifs is 5. The SMILES string of the molecule is COCC(CCO)NC(=O)C1C2C3CCC(C3)C12. The fraction of sp³-hybridized carbons (Fsp3) is 0.929. The summed E-state index contributed by atoms with van der Waals surface area (Å²) >= 11 is 0. The van der Waals surface area contributed by atoms with Crippen LogP contribution in [0.4, 0.5) is 0 Å². The Hall–Kier alpha value is -0.610. The van der Waals surface area contributed by atoms with Crippen LogP contribution in [0.15, 0.2) is 0 Å². The van der Waals surface area contributed by atoms with Gasteiger partial charge in [0, 0.05) is 19.6 Å². The van der Waals surface area contributed by atoms with E-state index in [9.17, 15) is 4.79 Å². The highest BCUT2D eigenvalue weighted by molar-refractivity contribution is 5.83. The molecular weight excluding hydrogens is 230 g/mol. The third-order valence-corrected chi connectivity index (χ3v) is 5.23. The van der Waals surface area contributed by atoms with Crippen molar-refractivity contribution in [2.75, 3.05) is 20.3 Å². The molecule has 3 aliphatic rings.